The maximum Gasteiger partial charge on any atom is 0.223 e. The Balaban J connectivity index is 1.34. The number of rotatable bonds is 4. The van der Waals surface area contributed by atoms with Crippen molar-refractivity contribution in [3.05, 3.63) is 30.2 Å². The van der Waals surface area contributed by atoms with Gasteiger partial charge in [0.2, 0.25) is 5.91 Å². The molecule has 1 amide bonds. The average Bonchev–Trinajstić information content (AvgIpc) is 3.22. The Morgan fingerprint density at radius 3 is 3.05 bits per heavy atom. The largest absolute Gasteiger partial charge is 0.355 e. The summed E-state index contributed by atoms with van der Waals surface area (Å²) in [6.45, 7) is 0.641. The van der Waals surface area contributed by atoms with Crippen LogP contribution in [-0.2, 0) is 11.2 Å². The molecule has 110 valence electrons. The van der Waals surface area contributed by atoms with E-state index in [-0.39, 0.29) is 11.8 Å². The lowest BCUT2D eigenvalue weighted by Crippen LogP contribution is -2.35. The number of aromatic nitrogens is 3. The summed E-state index contributed by atoms with van der Waals surface area (Å²) >= 11 is 0. The fourth-order valence-electron chi connectivity index (χ4n) is 4.06. The first-order valence-electron chi connectivity index (χ1n) is 7.87. The van der Waals surface area contributed by atoms with Gasteiger partial charge in [0.25, 0.3) is 0 Å². The Morgan fingerprint density at radius 1 is 1.29 bits per heavy atom. The minimum atomic E-state index is 0.246. The van der Waals surface area contributed by atoms with E-state index in [2.05, 4.69) is 15.5 Å². The minimum Gasteiger partial charge on any atom is -0.355 e. The summed E-state index contributed by atoms with van der Waals surface area (Å²) in [5.41, 5.74) is 0.854. The molecule has 0 spiro atoms. The van der Waals surface area contributed by atoms with Gasteiger partial charge in [-0.2, -0.15) is 0 Å². The zero-order valence-corrected chi connectivity index (χ0v) is 12.0. The molecular formula is C16H20N4O. The number of amides is 1. The average molecular weight is 284 g/mol. The molecule has 2 aliphatic rings. The molecule has 2 fully saturated rings. The number of pyridine rings is 1. The number of hydrogen-bond acceptors (Lipinski definition) is 3. The second kappa shape index (κ2) is 5.13. The molecule has 3 unspecified atom stereocenters. The molecular weight excluding hydrogens is 264 g/mol. The van der Waals surface area contributed by atoms with E-state index in [1.54, 1.807) is 0 Å². The zero-order chi connectivity index (χ0) is 14.2. The smallest absolute Gasteiger partial charge is 0.223 e. The van der Waals surface area contributed by atoms with Gasteiger partial charge in [-0.1, -0.05) is 12.5 Å². The summed E-state index contributed by atoms with van der Waals surface area (Å²) in [6.07, 6.45) is 7.63. The number of carbonyl (C=O) groups excluding carboxylic acids is 1. The third kappa shape index (κ3) is 2.30. The van der Waals surface area contributed by atoms with Crippen LogP contribution in [0.25, 0.3) is 5.65 Å². The van der Waals surface area contributed by atoms with Crippen LogP contribution >= 0.6 is 0 Å². The summed E-state index contributed by atoms with van der Waals surface area (Å²) in [7, 11) is 0. The van der Waals surface area contributed by atoms with Crippen LogP contribution in [0.15, 0.2) is 24.4 Å². The molecule has 0 radical (unpaired) electrons. The molecule has 0 aliphatic heterocycles. The Bertz CT molecular complexity index is 665. The van der Waals surface area contributed by atoms with E-state index < -0.39 is 0 Å². The molecule has 1 N–H and O–H groups in total. The summed E-state index contributed by atoms with van der Waals surface area (Å²) in [4.78, 5) is 12.3. The zero-order valence-electron chi connectivity index (χ0n) is 12.0. The maximum atomic E-state index is 12.3. The molecule has 0 saturated heterocycles. The fraction of sp³-hybridized carbons (Fsp3) is 0.562. The van der Waals surface area contributed by atoms with Crippen molar-refractivity contribution < 1.29 is 4.79 Å². The highest BCUT2D eigenvalue weighted by atomic mass is 16.1. The Kier molecular flexibility index (Phi) is 3.13. The van der Waals surface area contributed by atoms with Crippen molar-refractivity contribution in [2.24, 2.45) is 17.8 Å². The molecule has 21 heavy (non-hydrogen) atoms. The highest BCUT2D eigenvalue weighted by Gasteiger charge is 2.42. The van der Waals surface area contributed by atoms with Gasteiger partial charge >= 0.3 is 0 Å². The number of carbonyl (C=O) groups is 1. The number of fused-ring (bicyclic) bond motifs is 3. The first-order chi connectivity index (χ1) is 10.3. The Labute approximate surface area is 123 Å². The van der Waals surface area contributed by atoms with E-state index in [9.17, 15) is 4.79 Å². The van der Waals surface area contributed by atoms with Crippen LogP contribution in [0.3, 0.4) is 0 Å². The Hall–Kier alpha value is -1.91. The monoisotopic (exact) mass is 284 g/mol. The van der Waals surface area contributed by atoms with E-state index in [1.807, 2.05) is 28.8 Å². The van der Waals surface area contributed by atoms with Crippen LogP contribution in [0, 0.1) is 17.8 Å². The lowest BCUT2D eigenvalue weighted by atomic mass is 9.88. The molecule has 2 bridgehead atoms. The third-order valence-corrected chi connectivity index (χ3v) is 5.11. The van der Waals surface area contributed by atoms with Crippen LogP contribution in [0.2, 0.25) is 0 Å². The van der Waals surface area contributed by atoms with Gasteiger partial charge in [-0.15, -0.1) is 10.2 Å². The predicted octanol–water partition coefficient (Wildman–Crippen LogP) is 1.82. The van der Waals surface area contributed by atoms with E-state index >= 15 is 0 Å². The molecule has 4 rings (SSSR count). The van der Waals surface area contributed by atoms with Crippen molar-refractivity contribution in [2.75, 3.05) is 6.54 Å². The molecule has 2 aromatic heterocycles. The summed E-state index contributed by atoms with van der Waals surface area (Å²) in [5.74, 6) is 2.86. The fourth-order valence-corrected chi connectivity index (χ4v) is 4.06. The number of nitrogens with zero attached hydrogens (tertiary/aromatic N) is 3. The van der Waals surface area contributed by atoms with Crippen LogP contribution in [0.1, 0.15) is 31.5 Å². The van der Waals surface area contributed by atoms with Gasteiger partial charge in [-0.25, -0.2) is 0 Å². The van der Waals surface area contributed by atoms with Crippen molar-refractivity contribution in [3.8, 4) is 0 Å². The topological polar surface area (TPSA) is 59.3 Å². The van der Waals surface area contributed by atoms with Crippen molar-refractivity contribution in [1.29, 1.82) is 0 Å². The number of nitrogens with one attached hydrogen (secondary N) is 1. The normalized spacial score (nSPS) is 27.3. The second-order valence-corrected chi connectivity index (χ2v) is 6.37. The van der Waals surface area contributed by atoms with E-state index in [1.165, 1.54) is 19.3 Å². The van der Waals surface area contributed by atoms with Gasteiger partial charge in [0.05, 0.1) is 0 Å². The van der Waals surface area contributed by atoms with Crippen molar-refractivity contribution in [2.45, 2.75) is 32.1 Å². The van der Waals surface area contributed by atoms with Crippen molar-refractivity contribution in [1.82, 2.24) is 19.9 Å². The predicted molar refractivity (Wildman–Crippen MR) is 78.6 cm³/mol. The SMILES string of the molecule is O=C(NCCc1nnc2ccccn12)C1CC2CCC1C2. The minimum absolute atomic E-state index is 0.246. The van der Waals surface area contributed by atoms with Crippen molar-refractivity contribution >= 4 is 11.6 Å². The molecule has 2 aliphatic carbocycles. The van der Waals surface area contributed by atoms with Gasteiger partial charge in [0, 0.05) is 25.1 Å². The lowest BCUT2D eigenvalue weighted by Gasteiger charge is -2.20. The molecule has 5 nitrogen and oxygen atoms in total. The lowest BCUT2D eigenvalue weighted by molar-refractivity contribution is -0.126. The summed E-state index contributed by atoms with van der Waals surface area (Å²) in [6, 6.07) is 5.85. The third-order valence-electron chi connectivity index (χ3n) is 5.11. The molecule has 3 atom stereocenters. The van der Waals surface area contributed by atoms with Gasteiger partial charge in [-0.05, 0) is 43.2 Å². The van der Waals surface area contributed by atoms with Gasteiger partial charge in [0.1, 0.15) is 5.82 Å². The van der Waals surface area contributed by atoms with E-state index in [0.717, 1.165) is 30.2 Å². The van der Waals surface area contributed by atoms with Gasteiger partial charge < -0.3 is 5.32 Å². The molecule has 0 aromatic carbocycles. The van der Waals surface area contributed by atoms with Gasteiger partial charge in [0.15, 0.2) is 5.65 Å². The van der Waals surface area contributed by atoms with E-state index in [4.69, 9.17) is 0 Å². The van der Waals surface area contributed by atoms with Crippen LogP contribution in [-0.4, -0.2) is 27.0 Å². The maximum absolute atomic E-state index is 12.3. The molecule has 2 aromatic rings. The summed E-state index contributed by atoms with van der Waals surface area (Å²) in [5, 5.41) is 11.4. The quantitative estimate of drug-likeness (QED) is 0.931. The highest BCUT2D eigenvalue weighted by Crippen LogP contribution is 2.48. The molecule has 2 saturated carbocycles. The van der Waals surface area contributed by atoms with Crippen LogP contribution in [0.4, 0.5) is 0 Å². The Morgan fingerprint density at radius 2 is 2.24 bits per heavy atom. The first-order valence-corrected chi connectivity index (χ1v) is 7.87. The standard InChI is InChI=1S/C16H20N4O/c21-16(13-10-11-4-5-12(13)9-11)17-7-6-15-19-18-14-3-1-2-8-20(14)15/h1-3,8,11-13H,4-7,9-10H2,(H,17,21). The van der Waals surface area contributed by atoms with Crippen molar-refractivity contribution in [3.63, 3.8) is 0 Å². The second-order valence-electron chi connectivity index (χ2n) is 6.37. The van der Waals surface area contributed by atoms with Gasteiger partial charge in [-0.3, -0.25) is 9.20 Å². The number of hydrogen-bond donors (Lipinski definition) is 1. The molecule has 5 heteroatoms. The van der Waals surface area contributed by atoms with E-state index in [0.29, 0.717) is 12.5 Å². The van der Waals surface area contributed by atoms with Crippen LogP contribution < -0.4 is 5.32 Å². The first kappa shape index (κ1) is 12.8. The van der Waals surface area contributed by atoms with Crippen LogP contribution in [0.5, 0.6) is 0 Å². The molecule has 2 heterocycles. The summed E-state index contributed by atoms with van der Waals surface area (Å²) < 4.78 is 1.98. The highest BCUT2D eigenvalue weighted by molar-refractivity contribution is 5.79.